The van der Waals surface area contributed by atoms with Crippen molar-refractivity contribution in [1.82, 2.24) is 10.2 Å². The van der Waals surface area contributed by atoms with E-state index in [2.05, 4.69) is 24.0 Å². The molecule has 28 heavy (non-hydrogen) atoms. The van der Waals surface area contributed by atoms with E-state index in [0.29, 0.717) is 11.6 Å². The smallest absolute Gasteiger partial charge is 0.277 e. The lowest BCUT2D eigenvalue weighted by Gasteiger charge is -2.26. The molecule has 144 valence electrons. The van der Waals surface area contributed by atoms with E-state index in [9.17, 15) is 9.18 Å². The number of hydrogen-bond acceptors (Lipinski definition) is 3. The number of carbonyl (C=O) groups is 1. The molecule has 0 spiro atoms. The van der Waals surface area contributed by atoms with Gasteiger partial charge in [-0.05, 0) is 54.3 Å². The van der Waals surface area contributed by atoms with Crippen LogP contribution >= 0.6 is 0 Å². The van der Waals surface area contributed by atoms with Crippen molar-refractivity contribution in [2.45, 2.75) is 26.3 Å². The summed E-state index contributed by atoms with van der Waals surface area (Å²) in [4.78, 5) is 15.0. The van der Waals surface area contributed by atoms with E-state index < -0.39 is 0 Å². The Morgan fingerprint density at radius 1 is 1.14 bits per heavy atom. The van der Waals surface area contributed by atoms with Crippen molar-refractivity contribution in [1.29, 1.82) is 0 Å². The largest absolute Gasteiger partial charge is 0.497 e. The van der Waals surface area contributed by atoms with Crippen LogP contribution in [0.4, 0.5) is 10.1 Å². The number of fused-ring (bicyclic) bond motifs is 1. The van der Waals surface area contributed by atoms with Crippen LogP contribution < -0.4 is 9.64 Å². The molecule has 5 nitrogen and oxygen atoms in total. The lowest BCUT2D eigenvalue weighted by molar-refractivity contribution is 0.0988. The topological polar surface area (TPSA) is 58.2 Å². The molecule has 0 saturated heterocycles. The second kappa shape index (κ2) is 7.11. The number of aromatic amines is 1. The Bertz CT molecular complexity index is 994. The van der Waals surface area contributed by atoms with Crippen molar-refractivity contribution >= 4 is 11.6 Å². The third-order valence-corrected chi connectivity index (χ3v) is 4.99. The maximum absolute atomic E-state index is 13.5. The number of methoxy groups -OCH3 is 1. The summed E-state index contributed by atoms with van der Waals surface area (Å²) < 4.78 is 18.8. The molecule has 4 rings (SSSR count). The minimum Gasteiger partial charge on any atom is -0.497 e. The molecule has 1 atom stereocenters. The molecule has 2 heterocycles. The van der Waals surface area contributed by atoms with Gasteiger partial charge in [-0.2, -0.15) is 5.10 Å². The molecule has 3 aromatic rings. The van der Waals surface area contributed by atoms with Crippen molar-refractivity contribution in [3.63, 3.8) is 0 Å². The van der Waals surface area contributed by atoms with Gasteiger partial charge in [-0.25, -0.2) is 4.39 Å². The van der Waals surface area contributed by atoms with E-state index in [0.717, 1.165) is 34.7 Å². The standard InChI is InChI=1S/C22H22FN3O2/c1-13(2)12-18-19-20(25-24-18)22(27)26(16-8-10-17(28-3)11-9-16)21(19)14-4-6-15(23)7-5-14/h4-11,13,21H,12H2,1-3H3,(H,24,25). The van der Waals surface area contributed by atoms with Gasteiger partial charge in [-0.1, -0.05) is 26.0 Å². The van der Waals surface area contributed by atoms with Crippen LogP contribution in [0.25, 0.3) is 0 Å². The van der Waals surface area contributed by atoms with Gasteiger partial charge >= 0.3 is 0 Å². The fourth-order valence-electron chi connectivity index (χ4n) is 3.72. The first-order valence-corrected chi connectivity index (χ1v) is 9.29. The van der Waals surface area contributed by atoms with Crippen LogP contribution in [0.3, 0.4) is 0 Å². The first kappa shape index (κ1) is 18.2. The number of rotatable bonds is 5. The summed E-state index contributed by atoms with van der Waals surface area (Å²) in [5.74, 6) is 0.664. The summed E-state index contributed by atoms with van der Waals surface area (Å²) in [6.45, 7) is 4.23. The number of nitrogens with zero attached hydrogens (tertiary/aromatic N) is 2. The van der Waals surface area contributed by atoms with Crippen LogP contribution in [0.5, 0.6) is 5.75 Å². The van der Waals surface area contributed by atoms with Crippen molar-refractivity contribution in [2.75, 3.05) is 12.0 Å². The molecule has 1 aliphatic heterocycles. The molecule has 0 fully saturated rings. The highest BCUT2D eigenvalue weighted by atomic mass is 19.1. The number of H-pyrrole nitrogens is 1. The molecular weight excluding hydrogens is 357 g/mol. The SMILES string of the molecule is COc1ccc(N2C(=O)c3[nH]nc(CC(C)C)c3C2c2ccc(F)cc2)cc1. The summed E-state index contributed by atoms with van der Waals surface area (Å²) in [6.07, 6.45) is 0.757. The Morgan fingerprint density at radius 2 is 1.82 bits per heavy atom. The molecule has 0 saturated carbocycles. The lowest BCUT2D eigenvalue weighted by atomic mass is 9.95. The van der Waals surface area contributed by atoms with Crippen LogP contribution in [0.1, 0.15) is 47.2 Å². The summed E-state index contributed by atoms with van der Waals surface area (Å²) in [5.41, 5.74) is 3.85. The second-order valence-electron chi connectivity index (χ2n) is 7.38. The zero-order valence-electron chi connectivity index (χ0n) is 16.1. The minimum absolute atomic E-state index is 0.142. The minimum atomic E-state index is -0.357. The quantitative estimate of drug-likeness (QED) is 0.710. The van der Waals surface area contributed by atoms with Crippen molar-refractivity contribution in [3.05, 3.63) is 76.9 Å². The average Bonchev–Trinajstić information content (AvgIpc) is 3.21. The highest BCUT2D eigenvalue weighted by Crippen LogP contribution is 2.43. The Hall–Kier alpha value is -3.15. The number of aromatic nitrogens is 2. The average molecular weight is 379 g/mol. The van der Waals surface area contributed by atoms with E-state index >= 15 is 0 Å². The number of ether oxygens (including phenoxy) is 1. The normalized spacial score (nSPS) is 16.0. The molecule has 1 unspecified atom stereocenters. The summed E-state index contributed by atoms with van der Waals surface area (Å²) in [7, 11) is 1.60. The molecule has 1 amide bonds. The highest BCUT2D eigenvalue weighted by molar-refractivity contribution is 6.10. The summed E-state index contributed by atoms with van der Waals surface area (Å²) >= 11 is 0. The van der Waals surface area contributed by atoms with Crippen LogP contribution in [0.15, 0.2) is 48.5 Å². The molecule has 2 aromatic carbocycles. The predicted octanol–water partition coefficient (Wildman–Crippen LogP) is 4.51. The molecular formula is C22H22FN3O2. The van der Waals surface area contributed by atoms with E-state index in [1.807, 2.05) is 24.3 Å². The number of amides is 1. The van der Waals surface area contributed by atoms with Crippen LogP contribution in [0, 0.1) is 11.7 Å². The van der Waals surface area contributed by atoms with Gasteiger partial charge in [0.25, 0.3) is 5.91 Å². The number of anilines is 1. The first-order valence-electron chi connectivity index (χ1n) is 9.29. The fraction of sp³-hybridized carbons (Fsp3) is 0.273. The maximum atomic E-state index is 13.5. The predicted molar refractivity (Wildman–Crippen MR) is 105 cm³/mol. The zero-order chi connectivity index (χ0) is 19.8. The molecule has 1 N–H and O–H groups in total. The van der Waals surface area contributed by atoms with Crippen molar-refractivity contribution in [2.24, 2.45) is 5.92 Å². The summed E-state index contributed by atoms with van der Waals surface area (Å²) in [6, 6.07) is 13.3. The third kappa shape index (κ3) is 3.05. The van der Waals surface area contributed by atoms with Gasteiger partial charge in [0.05, 0.1) is 18.8 Å². The molecule has 0 radical (unpaired) electrons. The van der Waals surface area contributed by atoms with Crippen molar-refractivity contribution < 1.29 is 13.9 Å². The Labute approximate surface area is 163 Å². The maximum Gasteiger partial charge on any atom is 0.277 e. The third-order valence-electron chi connectivity index (χ3n) is 4.99. The Kier molecular flexibility index (Phi) is 4.63. The number of hydrogen-bond donors (Lipinski definition) is 1. The van der Waals surface area contributed by atoms with E-state index in [1.165, 1.54) is 12.1 Å². The van der Waals surface area contributed by atoms with Crippen LogP contribution in [-0.2, 0) is 6.42 Å². The number of nitrogens with one attached hydrogen (secondary N) is 1. The molecule has 0 bridgehead atoms. The van der Waals surface area contributed by atoms with Crippen LogP contribution in [0.2, 0.25) is 0 Å². The Morgan fingerprint density at radius 3 is 2.43 bits per heavy atom. The second-order valence-corrected chi connectivity index (χ2v) is 7.38. The summed E-state index contributed by atoms with van der Waals surface area (Å²) in [5, 5.41) is 7.35. The molecule has 0 aliphatic carbocycles. The van der Waals surface area contributed by atoms with E-state index in [1.54, 1.807) is 24.1 Å². The van der Waals surface area contributed by atoms with Crippen molar-refractivity contribution in [3.8, 4) is 5.75 Å². The number of benzene rings is 2. The lowest BCUT2D eigenvalue weighted by Crippen LogP contribution is -2.29. The van der Waals surface area contributed by atoms with Gasteiger partial charge < -0.3 is 4.74 Å². The number of carbonyl (C=O) groups excluding carboxylic acids is 1. The van der Waals surface area contributed by atoms with Gasteiger partial charge in [-0.15, -0.1) is 0 Å². The monoisotopic (exact) mass is 379 g/mol. The highest BCUT2D eigenvalue weighted by Gasteiger charge is 2.42. The van der Waals surface area contributed by atoms with Gasteiger partial charge in [0.2, 0.25) is 0 Å². The van der Waals surface area contributed by atoms with Gasteiger partial charge in [0, 0.05) is 11.3 Å². The van der Waals surface area contributed by atoms with Gasteiger partial charge in [-0.3, -0.25) is 14.8 Å². The number of halogens is 1. The fourth-order valence-corrected chi connectivity index (χ4v) is 3.72. The van der Waals surface area contributed by atoms with E-state index in [-0.39, 0.29) is 17.8 Å². The van der Waals surface area contributed by atoms with Crippen LogP contribution in [-0.4, -0.2) is 23.2 Å². The Balaban J connectivity index is 1.85. The molecule has 1 aromatic heterocycles. The molecule has 6 heteroatoms. The molecule has 1 aliphatic rings. The zero-order valence-corrected chi connectivity index (χ0v) is 16.1. The van der Waals surface area contributed by atoms with E-state index in [4.69, 9.17) is 4.74 Å². The van der Waals surface area contributed by atoms with Gasteiger partial charge in [0.1, 0.15) is 17.3 Å². The van der Waals surface area contributed by atoms with Gasteiger partial charge in [0.15, 0.2) is 0 Å². The first-order chi connectivity index (χ1) is 13.5.